The molecule has 4 N–H and O–H groups in total. The molecule has 0 aliphatic heterocycles. The molecule has 2 unspecified atom stereocenters. The summed E-state index contributed by atoms with van der Waals surface area (Å²) < 4.78 is 5.85. The molecular weight excluding hydrogens is 404 g/mol. The van der Waals surface area contributed by atoms with Crippen LogP contribution in [0.15, 0.2) is 24.3 Å². The Labute approximate surface area is 163 Å². The molecule has 1 aromatic rings. The number of carbonyl (C=O) groups excluding carboxylic acids is 1. The number of benzene rings is 1. The standard InChI is InChI=1S/C13H18BrNO2.C5H11NO3/c1-3-11(14)12(4-2)17-10-7-5-6-9(8-10)13(15)16;1-2-3-4-6-9-5(7)8/h5-8,11-12H,3-4H2,1-2H3,(H2,15,16);6H,2-4H2,1H3,(H,7,8). The fourth-order valence-corrected chi connectivity index (χ4v) is 2.42. The van der Waals surface area contributed by atoms with Crippen molar-refractivity contribution in [2.24, 2.45) is 5.73 Å². The van der Waals surface area contributed by atoms with Crippen molar-refractivity contribution in [3.8, 4) is 5.75 Å². The van der Waals surface area contributed by atoms with Gasteiger partial charge in [-0.05, 0) is 37.5 Å². The molecule has 1 rings (SSSR count). The van der Waals surface area contributed by atoms with Gasteiger partial charge in [-0.15, -0.1) is 0 Å². The number of hydroxylamine groups is 1. The molecular formula is C18H29BrN2O5. The minimum Gasteiger partial charge on any atom is -0.489 e. The van der Waals surface area contributed by atoms with Gasteiger partial charge in [-0.1, -0.05) is 49.2 Å². The predicted molar refractivity (Wildman–Crippen MR) is 105 cm³/mol. The minimum absolute atomic E-state index is 0.100. The first-order valence-corrected chi connectivity index (χ1v) is 9.60. The highest BCUT2D eigenvalue weighted by Gasteiger charge is 2.17. The Morgan fingerprint density at radius 1 is 1.27 bits per heavy atom. The van der Waals surface area contributed by atoms with Gasteiger partial charge in [-0.2, -0.15) is 5.48 Å². The molecule has 0 fully saturated rings. The second-order valence-corrected chi connectivity index (χ2v) is 6.67. The highest BCUT2D eigenvalue weighted by Crippen LogP contribution is 2.21. The number of hydrogen-bond donors (Lipinski definition) is 3. The van der Waals surface area contributed by atoms with Crippen LogP contribution in [0.5, 0.6) is 5.75 Å². The molecule has 0 aliphatic carbocycles. The first-order chi connectivity index (χ1) is 12.3. The lowest BCUT2D eigenvalue weighted by molar-refractivity contribution is 0.0438. The Morgan fingerprint density at radius 2 is 1.96 bits per heavy atom. The van der Waals surface area contributed by atoms with E-state index in [0.29, 0.717) is 22.7 Å². The van der Waals surface area contributed by atoms with E-state index in [9.17, 15) is 9.59 Å². The topological polar surface area (TPSA) is 111 Å². The number of ether oxygens (including phenoxy) is 1. The summed E-state index contributed by atoms with van der Waals surface area (Å²) in [7, 11) is 0. The number of nitrogens with two attached hydrogens (primary N) is 1. The van der Waals surface area contributed by atoms with Crippen molar-refractivity contribution in [2.75, 3.05) is 6.54 Å². The van der Waals surface area contributed by atoms with E-state index in [1.54, 1.807) is 18.2 Å². The lowest BCUT2D eigenvalue weighted by Crippen LogP contribution is -2.26. The van der Waals surface area contributed by atoms with Crippen molar-refractivity contribution in [1.82, 2.24) is 5.48 Å². The fourth-order valence-electron chi connectivity index (χ4n) is 1.93. The Kier molecular flexibility index (Phi) is 13.4. The van der Waals surface area contributed by atoms with Gasteiger partial charge in [0.15, 0.2) is 0 Å². The van der Waals surface area contributed by atoms with Crippen LogP contribution in [-0.4, -0.2) is 34.6 Å². The molecule has 148 valence electrons. The molecule has 26 heavy (non-hydrogen) atoms. The van der Waals surface area contributed by atoms with Gasteiger partial charge in [0.2, 0.25) is 5.91 Å². The molecule has 0 aromatic heterocycles. The summed E-state index contributed by atoms with van der Waals surface area (Å²) in [5.74, 6) is 0.250. The summed E-state index contributed by atoms with van der Waals surface area (Å²) >= 11 is 3.59. The van der Waals surface area contributed by atoms with E-state index in [1.165, 1.54) is 0 Å². The first-order valence-electron chi connectivity index (χ1n) is 8.68. The number of rotatable bonds is 10. The van der Waals surface area contributed by atoms with Crippen molar-refractivity contribution < 1.29 is 24.3 Å². The number of carbonyl (C=O) groups is 2. The quantitative estimate of drug-likeness (QED) is 0.291. The van der Waals surface area contributed by atoms with E-state index in [-0.39, 0.29) is 6.10 Å². The third-order valence-electron chi connectivity index (χ3n) is 3.39. The summed E-state index contributed by atoms with van der Waals surface area (Å²) in [6.45, 7) is 6.78. The molecule has 1 amide bonds. The predicted octanol–water partition coefficient (Wildman–Crippen LogP) is 4.10. The number of carboxylic acid groups (broad SMARTS) is 1. The summed E-state index contributed by atoms with van der Waals surface area (Å²) in [6.07, 6.45) is 2.66. The Morgan fingerprint density at radius 3 is 2.46 bits per heavy atom. The van der Waals surface area contributed by atoms with Crippen molar-refractivity contribution >= 4 is 28.0 Å². The molecule has 0 saturated carbocycles. The van der Waals surface area contributed by atoms with E-state index in [0.717, 1.165) is 25.7 Å². The van der Waals surface area contributed by atoms with Gasteiger partial charge in [0.05, 0.1) is 4.83 Å². The van der Waals surface area contributed by atoms with Crippen LogP contribution < -0.4 is 16.0 Å². The van der Waals surface area contributed by atoms with Gasteiger partial charge in [-0.25, -0.2) is 4.79 Å². The number of amides is 1. The van der Waals surface area contributed by atoms with Gasteiger partial charge < -0.3 is 20.4 Å². The molecule has 7 nitrogen and oxygen atoms in total. The lowest BCUT2D eigenvalue weighted by Gasteiger charge is -2.22. The normalized spacial score (nSPS) is 12.3. The zero-order valence-electron chi connectivity index (χ0n) is 15.5. The van der Waals surface area contributed by atoms with Crippen LogP contribution in [0.3, 0.4) is 0 Å². The second-order valence-electron chi connectivity index (χ2n) is 5.50. The highest BCUT2D eigenvalue weighted by atomic mass is 79.9. The fraction of sp³-hybridized carbons (Fsp3) is 0.556. The zero-order chi connectivity index (χ0) is 19.9. The summed E-state index contributed by atoms with van der Waals surface area (Å²) in [4.78, 5) is 25.1. The lowest BCUT2D eigenvalue weighted by atomic mass is 10.1. The van der Waals surface area contributed by atoms with Crippen molar-refractivity contribution in [2.45, 2.75) is 57.4 Å². The molecule has 0 spiro atoms. The third-order valence-corrected chi connectivity index (χ3v) is 4.63. The van der Waals surface area contributed by atoms with E-state index in [2.05, 4.69) is 40.1 Å². The van der Waals surface area contributed by atoms with Gasteiger partial charge in [0, 0.05) is 12.1 Å². The Bertz CT molecular complexity index is 542. The van der Waals surface area contributed by atoms with E-state index in [4.69, 9.17) is 15.6 Å². The highest BCUT2D eigenvalue weighted by molar-refractivity contribution is 9.09. The maximum absolute atomic E-state index is 11.1. The van der Waals surface area contributed by atoms with Gasteiger partial charge in [-0.3, -0.25) is 4.79 Å². The molecule has 0 aliphatic rings. The number of unbranched alkanes of at least 4 members (excludes halogenated alkanes) is 1. The largest absolute Gasteiger partial charge is 0.525 e. The van der Waals surface area contributed by atoms with Crippen molar-refractivity contribution in [3.63, 3.8) is 0 Å². The van der Waals surface area contributed by atoms with Crippen LogP contribution >= 0.6 is 15.9 Å². The Hall–Kier alpha value is -1.80. The smallest absolute Gasteiger partial charge is 0.489 e. The minimum atomic E-state index is -1.29. The average molecular weight is 433 g/mol. The van der Waals surface area contributed by atoms with Crippen molar-refractivity contribution in [3.05, 3.63) is 29.8 Å². The summed E-state index contributed by atoms with van der Waals surface area (Å²) in [6, 6.07) is 6.98. The number of nitrogens with one attached hydrogen (secondary N) is 1. The van der Waals surface area contributed by atoms with E-state index in [1.807, 2.05) is 13.0 Å². The second kappa shape index (κ2) is 14.4. The number of primary amides is 1. The molecule has 0 radical (unpaired) electrons. The van der Waals surface area contributed by atoms with Gasteiger partial charge in [0.25, 0.3) is 0 Å². The summed E-state index contributed by atoms with van der Waals surface area (Å²) in [5, 5.41) is 7.93. The average Bonchev–Trinajstić information content (AvgIpc) is 2.63. The van der Waals surface area contributed by atoms with Crippen LogP contribution in [0.2, 0.25) is 0 Å². The van der Waals surface area contributed by atoms with Crippen LogP contribution in [-0.2, 0) is 4.84 Å². The molecule has 2 atom stereocenters. The maximum atomic E-state index is 11.1. The van der Waals surface area contributed by atoms with Crippen LogP contribution in [0.1, 0.15) is 56.8 Å². The number of halogens is 1. The molecule has 1 aromatic carbocycles. The monoisotopic (exact) mass is 432 g/mol. The third kappa shape index (κ3) is 10.9. The molecule has 8 heteroatoms. The van der Waals surface area contributed by atoms with Crippen LogP contribution in [0.4, 0.5) is 4.79 Å². The summed E-state index contributed by atoms with van der Waals surface area (Å²) in [5.41, 5.74) is 7.99. The van der Waals surface area contributed by atoms with Crippen LogP contribution in [0, 0.1) is 0 Å². The van der Waals surface area contributed by atoms with Gasteiger partial charge in [0.1, 0.15) is 11.9 Å². The van der Waals surface area contributed by atoms with E-state index >= 15 is 0 Å². The van der Waals surface area contributed by atoms with Crippen molar-refractivity contribution in [1.29, 1.82) is 0 Å². The van der Waals surface area contributed by atoms with E-state index < -0.39 is 12.1 Å². The first kappa shape index (κ1) is 24.2. The van der Waals surface area contributed by atoms with Crippen LogP contribution in [0.25, 0.3) is 0 Å². The zero-order valence-corrected chi connectivity index (χ0v) is 17.1. The number of alkyl halides is 1. The SMILES string of the molecule is CCC(Br)C(CC)Oc1cccc(C(N)=O)c1.CCCCNOC(=O)O. The number of hydrogen-bond acceptors (Lipinski definition) is 5. The van der Waals surface area contributed by atoms with Gasteiger partial charge >= 0.3 is 6.16 Å². The molecule has 0 heterocycles. The molecule has 0 bridgehead atoms. The molecule has 0 saturated heterocycles. The Balaban J connectivity index is 0.000000590. The maximum Gasteiger partial charge on any atom is 0.525 e.